The minimum atomic E-state index is -0.0496. The van der Waals surface area contributed by atoms with Crippen LogP contribution in [-0.4, -0.2) is 105 Å². The Hall–Kier alpha value is -3.59. The van der Waals surface area contributed by atoms with Crippen LogP contribution in [0.1, 0.15) is 47.7 Å². The van der Waals surface area contributed by atoms with Crippen LogP contribution in [0.3, 0.4) is 0 Å². The number of nitrogens with zero attached hydrogens (tertiary/aromatic N) is 4. The zero-order valence-electron chi connectivity index (χ0n) is 24.3. The second-order valence-electron chi connectivity index (χ2n) is 11.4. The Morgan fingerprint density at radius 3 is 2.41 bits per heavy atom. The molecule has 3 amide bonds. The molecule has 2 aromatic carbocycles. The van der Waals surface area contributed by atoms with Gasteiger partial charge in [0, 0.05) is 82.9 Å². The molecular weight excluding hydrogens is 520 g/mol. The summed E-state index contributed by atoms with van der Waals surface area (Å²) in [5, 5.41) is 0. The van der Waals surface area contributed by atoms with E-state index in [9.17, 15) is 14.4 Å². The normalized spacial score (nSPS) is 19.3. The average Bonchev–Trinajstić information content (AvgIpc) is 2.99. The molecular formula is C32H42N4O5. The van der Waals surface area contributed by atoms with Gasteiger partial charge in [-0.25, -0.2) is 0 Å². The number of hydrogen-bond donors (Lipinski definition) is 0. The highest BCUT2D eigenvalue weighted by atomic mass is 16.5. The Morgan fingerprint density at radius 1 is 0.878 bits per heavy atom. The molecule has 0 radical (unpaired) electrons. The molecule has 0 N–H and O–H groups in total. The predicted molar refractivity (Wildman–Crippen MR) is 157 cm³/mol. The molecule has 0 saturated carbocycles. The van der Waals surface area contributed by atoms with E-state index in [0.29, 0.717) is 70.9 Å². The Kier molecular flexibility index (Phi) is 9.44. The van der Waals surface area contributed by atoms with Gasteiger partial charge in [0.15, 0.2) is 0 Å². The van der Waals surface area contributed by atoms with Gasteiger partial charge in [0.05, 0.1) is 19.8 Å². The summed E-state index contributed by atoms with van der Waals surface area (Å²) in [4.78, 5) is 46.2. The van der Waals surface area contributed by atoms with Crippen molar-refractivity contribution in [3.63, 3.8) is 0 Å². The van der Waals surface area contributed by atoms with E-state index in [2.05, 4.69) is 23.1 Å². The topological polar surface area (TPSA) is 82.6 Å². The van der Waals surface area contributed by atoms with Crippen LogP contribution in [0.25, 0.3) is 0 Å². The number of carbonyl (C=O) groups is 3. The van der Waals surface area contributed by atoms with Crippen molar-refractivity contribution in [2.75, 3.05) is 77.6 Å². The first-order valence-electron chi connectivity index (χ1n) is 14.8. The number of benzene rings is 2. The van der Waals surface area contributed by atoms with Crippen molar-refractivity contribution >= 4 is 23.4 Å². The number of fused-ring (bicyclic) bond motifs is 3. The van der Waals surface area contributed by atoms with Crippen molar-refractivity contribution in [2.24, 2.45) is 5.92 Å². The number of piperidine rings is 1. The zero-order valence-corrected chi connectivity index (χ0v) is 24.3. The van der Waals surface area contributed by atoms with Crippen LogP contribution < -0.4 is 9.64 Å². The summed E-state index contributed by atoms with van der Waals surface area (Å²) in [5.74, 6) is 1.18. The van der Waals surface area contributed by atoms with Gasteiger partial charge in [-0.05, 0) is 54.7 Å². The van der Waals surface area contributed by atoms with Crippen LogP contribution in [-0.2, 0) is 20.7 Å². The number of morpholine rings is 1. The van der Waals surface area contributed by atoms with Gasteiger partial charge in [-0.15, -0.1) is 0 Å². The van der Waals surface area contributed by atoms with Crippen LogP contribution in [0.2, 0.25) is 0 Å². The summed E-state index contributed by atoms with van der Waals surface area (Å²) in [6.07, 6.45) is 2.76. The van der Waals surface area contributed by atoms with Crippen molar-refractivity contribution in [3.05, 3.63) is 59.2 Å². The van der Waals surface area contributed by atoms with E-state index in [1.807, 2.05) is 34.1 Å². The van der Waals surface area contributed by atoms with Crippen LogP contribution in [0, 0.1) is 5.92 Å². The number of carbonyl (C=O) groups excluding carboxylic acids is 3. The third-order valence-corrected chi connectivity index (χ3v) is 8.54. The number of rotatable bonds is 3. The van der Waals surface area contributed by atoms with Gasteiger partial charge in [0.2, 0.25) is 11.8 Å². The van der Waals surface area contributed by atoms with E-state index in [1.165, 1.54) is 0 Å². The molecule has 220 valence electrons. The maximum atomic E-state index is 13.5. The minimum Gasteiger partial charge on any atom is -0.491 e. The van der Waals surface area contributed by atoms with Crippen molar-refractivity contribution < 1.29 is 23.9 Å². The molecule has 3 aliphatic heterocycles. The van der Waals surface area contributed by atoms with Crippen LogP contribution in [0.15, 0.2) is 42.5 Å². The number of hydrogen-bond acceptors (Lipinski definition) is 6. The maximum Gasteiger partial charge on any atom is 0.253 e. The van der Waals surface area contributed by atoms with Crippen molar-refractivity contribution in [3.8, 4) is 5.75 Å². The molecule has 0 unspecified atom stereocenters. The highest BCUT2D eigenvalue weighted by Crippen LogP contribution is 2.29. The van der Waals surface area contributed by atoms with Gasteiger partial charge in [-0.1, -0.05) is 12.1 Å². The Morgan fingerprint density at radius 2 is 1.66 bits per heavy atom. The lowest BCUT2D eigenvalue weighted by Crippen LogP contribution is -2.43. The molecule has 2 aromatic rings. The molecule has 2 saturated heterocycles. The van der Waals surface area contributed by atoms with Gasteiger partial charge >= 0.3 is 0 Å². The smallest absolute Gasteiger partial charge is 0.253 e. The first-order valence-corrected chi connectivity index (χ1v) is 14.8. The molecule has 3 heterocycles. The zero-order chi connectivity index (χ0) is 28.8. The molecule has 2 fully saturated rings. The highest BCUT2D eigenvalue weighted by molar-refractivity contribution is 5.94. The van der Waals surface area contributed by atoms with Crippen molar-refractivity contribution in [1.29, 1.82) is 0 Å². The SMILES string of the molecule is CC(=O)N1CCC(CC(=O)N2CCOc3ccc(N4CCOCC4)cc3Cc3cccc(c3)C(=O)N(C)CC2)CC1. The molecule has 0 atom stereocenters. The van der Waals surface area contributed by atoms with Gasteiger partial charge in [-0.3, -0.25) is 14.4 Å². The van der Waals surface area contributed by atoms with Crippen LogP contribution in [0.4, 0.5) is 5.69 Å². The van der Waals surface area contributed by atoms with Gasteiger partial charge in [0.1, 0.15) is 12.4 Å². The summed E-state index contributed by atoms with van der Waals surface area (Å²) in [6, 6.07) is 14.1. The Bertz CT molecular complexity index is 1240. The van der Waals surface area contributed by atoms with Crippen molar-refractivity contribution in [2.45, 2.75) is 32.6 Å². The Balaban J connectivity index is 1.35. The molecule has 9 nitrogen and oxygen atoms in total. The summed E-state index contributed by atoms with van der Waals surface area (Å²) in [6.45, 7) is 7.83. The van der Waals surface area contributed by atoms with E-state index in [0.717, 1.165) is 48.5 Å². The number of anilines is 1. The standard InChI is InChI=1S/C32H42N4O5/c1-24(37)34-10-8-25(9-11-34)22-31(38)36-13-12-33(2)32(39)27-5-3-4-26(20-27)21-28-23-29(35-14-17-40-18-15-35)6-7-30(28)41-19-16-36/h3-7,20,23,25H,8-19,21-22H2,1-2H3. The first-order chi connectivity index (χ1) is 19.9. The minimum absolute atomic E-state index is 0.0496. The van der Waals surface area contributed by atoms with Crippen LogP contribution in [0.5, 0.6) is 5.75 Å². The molecule has 9 heteroatoms. The monoisotopic (exact) mass is 562 g/mol. The largest absolute Gasteiger partial charge is 0.491 e. The second kappa shape index (κ2) is 13.4. The van der Waals surface area contributed by atoms with E-state index in [-0.39, 0.29) is 23.6 Å². The number of amides is 3. The quantitative estimate of drug-likeness (QED) is 0.572. The summed E-state index contributed by atoms with van der Waals surface area (Å²) in [5.41, 5.74) is 3.89. The van der Waals surface area contributed by atoms with Crippen LogP contribution >= 0.6 is 0 Å². The average molecular weight is 563 g/mol. The van der Waals surface area contributed by atoms with E-state index in [4.69, 9.17) is 9.47 Å². The lowest BCUT2D eigenvalue weighted by atomic mass is 9.93. The number of ether oxygens (including phenoxy) is 2. The predicted octanol–water partition coefficient (Wildman–Crippen LogP) is 3.06. The molecule has 0 spiro atoms. The summed E-state index contributed by atoms with van der Waals surface area (Å²) >= 11 is 0. The third-order valence-electron chi connectivity index (χ3n) is 8.54. The molecule has 2 bridgehead atoms. The number of likely N-dealkylation sites (N-methyl/N-ethyl adjacent to an activating group) is 1. The fourth-order valence-corrected chi connectivity index (χ4v) is 5.94. The second-order valence-corrected chi connectivity index (χ2v) is 11.4. The van der Waals surface area contributed by atoms with E-state index in [1.54, 1.807) is 18.9 Å². The lowest BCUT2D eigenvalue weighted by molar-refractivity contribution is -0.133. The lowest BCUT2D eigenvalue weighted by Gasteiger charge is -2.33. The summed E-state index contributed by atoms with van der Waals surface area (Å²) in [7, 11) is 1.79. The fraction of sp³-hybridized carbons (Fsp3) is 0.531. The highest BCUT2D eigenvalue weighted by Gasteiger charge is 2.26. The van der Waals surface area contributed by atoms with Gasteiger partial charge in [-0.2, -0.15) is 0 Å². The number of likely N-dealkylation sites (tertiary alicyclic amines) is 1. The van der Waals surface area contributed by atoms with Gasteiger partial charge in [0.25, 0.3) is 5.91 Å². The van der Waals surface area contributed by atoms with E-state index < -0.39 is 0 Å². The maximum absolute atomic E-state index is 13.5. The Labute approximate surface area is 243 Å². The van der Waals surface area contributed by atoms with Gasteiger partial charge < -0.3 is 29.1 Å². The summed E-state index contributed by atoms with van der Waals surface area (Å²) < 4.78 is 11.9. The molecule has 41 heavy (non-hydrogen) atoms. The molecule has 0 aromatic heterocycles. The fourth-order valence-electron chi connectivity index (χ4n) is 5.94. The first kappa shape index (κ1) is 28.9. The van der Waals surface area contributed by atoms with Crippen molar-refractivity contribution in [1.82, 2.24) is 14.7 Å². The third kappa shape index (κ3) is 7.38. The molecule has 0 aliphatic carbocycles. The molecule has 3 aliphatic rings. The molecule has 5 rings (SSSR count). The van der Waals surface area contributed by atoms with E-state index >= 15 is 0 Å².